The molecule has 0 aromatic heterocycles. The van der Waals surface area contributed by atoms with Gasteiger partial charge in [-0.15, -0.1) is 0 Å². The zero-order chi connectivity index (χ0) is 28.5. The Labute approximate surface area is 240 Å². The number of hydrogen-bond donors (Lipinski definition) is 3. The molecule has 1 heterocycles. The van der Waals surface area contributed by atoms with Crippen LogP contribution >= 0.6 is 11.6 Å². The molecular weight excluding hydrogens is 530 g/mol. The van der Waals surface area contributed by atoms with Crippen LogP contribution in [0.4, 0.5) is 16.2 Å². The van der Waals surface area contributed by atoms with Crippen LogP contribution < -0.4 is 15.4 Å². The van der Waals surface area contributed by atoms with Crippen molar-refractivity contribution in [3.63, 3.8) is 0 Å². The number of methoxy groups -OCH3 is 1. The van der Waals surface area contributed by atoms with Gasteiger partial charge in [0.15, 0.2) is 0 Å². The van der Waals surface area contributed by atoms with Gasteiger partial charge in [-0.25, -0.2) is 4.79 Å². The van der Waals surface area contributed by atoms with E-state index in [0.717, 1.165) is 42.6 Å². The van der Waals surface area contributed by atoms with E-state index in [1.54, 1.807) is 12.1 Å². The number of ether oxygens (including phenoxy) is 2. The van der Waals surface area contributed by atoms with Crippen molar-refractivity contribution in [3.8, 4) is 16.9 Å². The molecule has 0 saturated carbocycles. The number of piperidine rings is 1. The summed E-state index contributed by atoms with van der Waals surface area (Å²) in [6, 6.07) is 19.0. The summed E-state index contributed by atoms with van der Waals surface area (Å²) in [7, 11) is 3.56. The lowest BCUT2D eigenvalue weighted by atomic mass is 9.99. The average molecular weight is 566 g/mol. The van der Waals surface area contributed by atoms with Crippen LogP contribution in [0.3, 0.4) is 0 Å². The second-order valence-corrected chi connectivity index (χ2v) is 10.4. The Bertz CT molecular complexity index is 1310. The summed E-state index contributed by atoms with van der Waals surface area (Å²) in [5, 5.41) is 15.6. The van der Waals surface area contributed by atoms with Crippen molar-refractivity contribution in [1.82, 2.24) is 4.90 Å². The lowest BCUT2D eigenvalue weighted by molar-refractivity contribution is -0.116. The number of carbonyl (C=O) groups is 2. The zero-order valence-corrected chi connectivity index (χ0v) is 23.7. The number of halogens is 1. The van der Waals surface area contributed by atoms with Crippen molar-refractivity contribution in [1.29, 1.82) is 0 Å². The van der Waals surface area contributed by atoms with E-state index in [0.29, 0.717) is 40.6 Å². The Kier molecular flexibility index (Phi) is 10.4. The number of benzene rings is 3. The first-order valence-electron chi connectivity index (χ1n) is 13.5. The maximum atomic E-state index is 12.8. The van der Waals surface area contributed by atoms with E-state index >= 15 is 0 Å². The van der Waals surface area contributed by atoms with Crippen molar-refractivity contribution in [2.45, 2.75) is 44.8 Å². The van der Waals surface area contributed by atoms with Crippen molar-refractivity contribution in [2.24, 2.45) is 0 Å². The van der Waals surface area contributed by atoms with Gasteiger partial charge in [0.1, 0.15) is 11.9 Å². The molecule has 3 N–H and O–H groups in total. The molecular formula is C31H36ClN3O5. The highest BCUT2D eigenvalue weighted by molar-refractivity contribution is 6.33. The van der Waals surface area contributed by atoms with Gasteiger partial charge in [-0.05, 0) is 56.0 Å². The lowest BCUT2D eigenvalue weighted by Gasteiger charge is -2.28. The van der Waals surface area contributed by atoms with Gasteiger partial charge in [-0.3, -0.25) is 10.1 Å². The molecule has 40 heavy (non-hydrogen) atoms. The summed E-state index contributed by atoms with van der Waals surface area (Å²) in [6.07, 6.45) is 2.61. The first-order valence-corrected chi connectivity index (χ1v) is 13.9. The average Bonchev–Trinajstić information content (AvgIpc) is 2.95. The Hall–Kier alpha value is -3.59. The van der Waals surface area contributed by atoms with Crippen LogP contribution in [0.2, 0.25) is 5.02 Å². The third kappa shape index (κ3) is 7.97. The number of nitrogens with one attached hydrogen (secondary N) is 2. The second-order valence-electron chi connectivity index (χ2n) is 9.98. The van der Waals surface area contributed by atoms with Crippen LogP contribution in [0.5, 0.6) is 5.75 Å². The van der Waals surface area contributed by atoms with Gasteiger partial charge in [0.05, 0.1) is 30.1 Å². The van der Waals surface area contributed by atoms with E-state index < -0.39 is 6.09 Å². The molecule has 0 radical (unpaired) electrons. The first-order chi connectivity index (χ1) is 19.4. The molecule has 1 saturated heterocycles. The van der Waals surface area contributed by atoms with Crippen molar-refractivity contribution < 1.29 is 24.2 Å². The number of anilines is 2. The summed E-state index contributed by atoms with van der Waals surface area (Å²) in [4.78, 5) is 27.7. The largest absolute Gasteiger partial charge is 0.496 e. The molecule has 212 valence electrons. The molecule has 2 amide bonds. The molecule has 0 aliphatic carbocycles. The Morgan fingerprint density at radius 1 is 1.02 bits per heavy atom. The second kappa shape index (κ2) is 14.2. The SMILES string of the molecule is COc1cc(NC(=O)CCCc2ccc(-c3ccccc3)c(NC(=O)OC3CCN(C)CC3)c2)c(Cl)cc1CO. The van der Waals surface area contributed by atoms with E-state index in [1.165, 1.54) is 7.11 Å². The minimum Gasteiger partial charge on any atom is -0.496 e. The molecule has 9 heteroatoms. The maximum absolute atomic E-state index is 12.8. The number of likely N-dealkylation sites (tertiary alicyclic amines) is 1. The maximum Gasteiger partial charge on any atom is 0.411 e. The smallest absolute Gasteiger partial charge is 0.411 e. The molecule has 8 nitrogen and oxygen atoms in total. The molecule has 0 bridgehead atoms. The van der Waals surface area contributed by atoms with Crippen LogP contribution in [-0.4, -0.2) is 55.4 Å². The standard InChI is InChI=1S/C31H36ClN3O5/c1-35-15-13-24(14-16-35)40-31(38)34-27-17-21(11-12-25(27)22-8-4-3-5-9-22)7-6-10-30(37)33-28-19-29(39-2)23(20-36)18-26(28)32/h3-5,8-9,11-12,17-19,24,36H,6-7,10,13-16,20H2,1-2H3,(H,33,37)(H,34,38). The van der Waals surface area contributed by atoms with Gasteiger partial charge in [0.25, 0.3) is 0 Å². The van der Waals surface area contributed by atoms with E-state index in [1.807, 2.05) is 48.5 Å². The Morgan fingerprint density at radius 3 is 2.48 bits per heavy atom. The fraction of sp³-hybridized carbons (Fsp3) is 0.355. The fourth-order valence-corrected chi connectivity index (χ4v) is 5.02. The van der Waals surface area contributed by atoms with Gasteiger partial charge in [0.2, 0.25) is 5.91 Å². The molecule has 0 unspecified atom stereocenters. The summed E-state index contributed by atoms with van der Waals surface area (Å²) in [6.45, 7) is 1.60. The van der Waals surface area contributed by atoms with Crippen LogP contribution in [-0.2, 0) is 22.6 Å². The highest BCUT2D eigenvalue weighted by atomic mass is 35.5. The van der Waals surface area contributed by atoms with Crippen LogP contribution in [0.15, 0.2) is 60.7 Å². The minimum atomic E-state index is -0.456. The monoisotopic (exact) mass is 565 g/mol. The third-order valence-corrected chi connectivity index (χ3v) is 7.34. The topological polar surface area (TPSA) is 100 Å². The number of aryl methyl sites for hydroxylation is 1. The van der Waals surface area contributed by atoms with Crippen LogP contribution in [0, 0.1) is 0 Å². The fourth-order valence-electron chi connectivity index (χ4n) is 4.78. The molecule has 1 aliphatic rings. The number of aliphatic hydroxyl groups is 1. The molecule has 3 aromatic rings. The van der Waals surface area contributed by atoms with E-state index in [-0.39, 0.29) is 25.0 Å². The van der Waals surface area contributed by atoms with E-state index in [2.05, 4.69) is 22.6 Å². The van der Waals surface area contributed by atoms with Gasteiger partial charge < -0.3 is 24.8 Å². The molecule has 0 atom stereocenters. The van der Waals surface area contributed by atoms with Gasteiger partial charge in [-0.2, -0.15) is 0 Å². The lowest BCUT2D eigenvalue weighted by Crippen LogP contribution is -2.36. The number of nitrogens with zero attached hydrogens (tertiary/aromatic N) is 1. The molecule has 4 rings (SSSR count). The minimum absolute atomic E-state index is 0.0913. The summed E-state index contributed by atoms with van der Waals surface area (Å²) in [5.74, 6) is 0.275. The van der Waals surface area contributed by atoms with E-state index in [9.17, 15) is 14.7 Å². The van der Waals surface area contributed by atoms with E-state index in [4.69, 9.17) is 21.1 Å². The predicted octanol–water partition coefficient (Wildman–Crippen LogP) is 6.11. The highest BCUT2D eigenvalue weighted by Gasteiger charge is 2.21. The molecule has 0 spiro atoms. The normalized spacial score (nSPS) is 14.0. The molecule has 3 aromatic carbocycles. The van der Waals surface area contributed by atoms with Gasteiger partial charge in [-0.1, -0.05) is 54.1 Å². The molecule has 1 aliphatic heterocycles. The van der Waals surface area contributed by atoms with Gasteiger partial charge >= 0.3 is 6.09 Å². The van der Waals surface area contributed by atoms with Crippen molar-refractivity contribution in [2.75, 3.05) is 37.9 Å². The van der Waals surface area contributed by atoms with Crippen LogP contribution in [0.25, 0.3) is 11.1 Å². The number of carbonyl (C=O) groups excluding carboxylic acids is 2. The van der Waals surface area contributed by atoms with Gasteiger partial charge in [0, 0.05) is 36.7 Å². The number of amides is 2. The number of aliphatic hydroxyl groups excluding tert-OH is 1. The first kappa shape index (κ1) is 29.4. The zero-order valence-electron chi connectivity index (χ0n) is 22.9. The van der Waals surface area contributed by atoms with Crippen molar-refractivity contribution in [3.05, 3.63) is 76.8 Å². The molecule has 1 fully saturated rings. The third-order valence-electron chi connectivity index (χ3n) is 7.03. The number of hydrogen-bond acceptors (Lipinski definition) is 6. The van der Waals surface area contributed by atoms with Crippen molar-refractivity contribution >= 4 is 35.0 Å². The quantitative estimate of drug-likeness (QED) is 0.274. The van der Waals surface area contributed by atoms with Crippen LogP contribution in [0.1, 0.15) is 36.8 Å². The Morgan fingerprint density at radius 2 is 1.77 bits per heavy atom. The number of rotatable bonds is 10. The highest BCUT2D eigenvalue weighted by Crippen LogP contribution is 2.32. The summed E-state index contributed by atoms with van der Waals surface area (Å²) >= 11 is 6.28. The Balaban J connectivity index is 1.39. The summed E-state index contributed by atoms with van der Waals surface area (Å²) < 4.78 is 11.0. The predicted molar refractivity (Wildman–Crippen MR) is 158 cm³/mol. The summed E-state index contributed by atoms with van der Waals surface area (Å²) in [5.41, 5.74) is 4.54.